The lowest BCUT2D eigenvalue weighted by Gasteiger charge is -2.24. The van der Waals surface area contributed by atoms with Crippen LogP contribution in [0.15, 0.2) is 24.3 Å². The first kappa shape index (κ1) is 14.2. The monoisotopic (exact) mass is 255 g/mol. The third-order valence-electron chi connectivity index (χ3n) is 2.72. The number of likely N-dealkylation sites (N-methyl/N-ethyl adjacent to an activating group) is 1. The molecule has 3 nitrogen and oxygen atoms in total. The van der Waals surface area contributed by atoms with Gasteiger partial charge in [-0.3, -0.25) is 9.69 Å². The summed E-state index contributed by atoms with van der Waals surface area (Å²) in [6.45, 7) is 2.58. The zero-order chi connectivity index (χ0) is 12.8. The van der Waals surface area contributed by atoms with Crippen LogP contribution < -0.4 is 0 Å². The van der Waals surface area contributed by atoms with Crippen LogP contribution in [0.2, 0.25) is 5.02 Å². The largest absolute Gasteiger partial charge is 0.377 e. The van der Waals surface area contributed by atoms with Gasteiger partial charge in [-0.05, 0) is 31.7 Å². The number of methoxy groups -OCH3 is 1. The highest BCUT2D eigenvalue weighted by molar-refractivity contribution is 6.30. The molecule has 1 aromatic carbocycles. The Bertz CT molecular complexity index is 381. The van der Waals surface area contributed by atoms with Gasteiger partial charge in [0.15, 0.2) is 5.78 Å². The van der Waals surface area contributed by atoms with E-state index in [1.807, 2.05) is 43.1 Å². The van der Waals surface area contributed by atoms with Crippen LogP contribution in [-0.2, 0) is 9.53 Å². The van der Waals surface area contributed by atoms with E-state index in [1.165, 1.54) is 7.11 Å². The molecule has 0 aliphatic carbocycles. The summed E-state index contributed by atoms with van der Waals surface area (Å²) < 4.78 is 4.81. The maximum atomic E-state index is 11.5. The van der Waals surface area contributed by atoms with Crippen LogP contribution in [0.4, 0.5) is 0 Å². The maximum Gasteiger partial charge on any atom is 0.172 e. The van der Waals surface area contributed by atoms with Crippen molar-refractivity contribution in [2.75, 3.05) is 27.3 Å². The van der Waals surface area contributed by atoms with Crippen molar-refractivity contribution < 1.29 is 9.53 Å². The Balaban J connectivity index is 2.63. The van der Waals surface area contributed by atoms with Gasteiger partial charge in [0, 0.05) is 18.2 Å². The molecule has 0 aliphatic heterocycles. The summed E-state index contributed by atoms with van der Waals surface area (Å²) >= 11 is 5.94. The zero-order valence-corrected chi connectivity index (χ0v) is 11.2. The first-order valence-corrected chi connectivity index (χ1v) is 5.88. The number of Topliss-reactive ketones (excluding diaryl/α,β-unsaturated/α-hetero) is 1. The van der Waals surface area contributed by atoms with Gasteiger partial charge in [-0.2, -0.15) is 0 Å². The van der Waals surface area contributed by atoms with Crippen LogP contribution in [0.5, 0.6) is 0 Å². The molecule has 0 amide bonds. The van der Waals surface area contributed by atoms with E-state index in [-0.39, 0.29) is 18.4 Å². The number of ketones is 1. The minimum Gasteiger partial charge on any atom is -0.377 e. The number of carbonyl (C=O) groups is 1. The number of ether oxygens (including phenoxy) is 1. The fourth-order valence-corrected chi connectivity index (χ4v) is 1.84. The summed E-state index contributed by atoms with van der Waals surface area (Å²) in [6, 6.07) is 7.83. The summed E-state index contributed by atoms with van der Waals surface area (Å²) in [5.74, 6) is 0.0730. The number of halogens is 1. The molecular formula is C13H18ClNO2. The molecule has 4 heteroatoms. The number of rotatable bonds is 6. The fraction of sp³-hybridized carbons (Fsp3) is 0.462. The summed E-state index contributed by atoms with van der Waals surface area (Å²) in [5, 5.41) is 0.714. The molecule has 1 aromatic rings. The van der Waals surface area contributed by atoms with Crippen LogP contribution in [0.1, 0.15) is 18.5 Å². The fourth-order valence-electron chi connectivity index (χ4n) is 1.64. The van der Waals surface area contributed by atoms with E-state index < -0.39 is 0 Å². The van der Waals surface area contributed by atoms with Gasteiger partial charge in [0.05, 0.1) is 6.54 Å². The second kappa shape index (κ2) is 6.74. The molecule has 0 radical (unpaired) electrons. The van der Waals surface area contributed by atoms with Crippen molar-refractivity contribution in [3.05, 3.63) is 34.9 Å². The molecule has 0 spiro atoms. The van der Waals surface area contributed by atoms with Gasteiger partial charge in [-0.25, -0.2) is 0 Å². The highest BCUT2D eigenvalue weighted by Gasteiger charge is 2.14. The van der Waals surface area contributed by atoms with Crippen molar-refractivity contribution in [2.24, 2.45) is 0 Å². The number of hydrogen-bond acceptors (Lipinski definition) is 3. The van der Waals surface area contributed by atoms with E-state index in [0.29, 0.717) is 11.6 Å². The number of carbonyl (C=O) groups excluding carboxylic acids is 1. The van der Waals surface area contributed by atoms with Gasteiger partial charge in [-0.15, -0.1) is 0 Å². The molecule has 1 rings (SSSR count). The Kier molecular flexibility index (Phi) is 5.62. The molecule has 0 saturated carbocycles. The van der Waals surface area contributed by atoms with E-state index in [9.17, 15) is 4.79 Å². The van der Waals surface area contributed by atoms with Crippen molar-refractivity contribution in [1.29, 1.82) is 0 Å². The van der Waals surface area contributed by atoms with E-state index in [2.05, 4.69) is 0 Å². The van der Waals surface area contributed by atoms with Crippen LogP contribution in [0.3, 0.4) is 0 Å². The summed E-state index contributed by atoms with van der Waals surface area (Å²) in [5.41, 5.74) is 1.10. The van der Waals surface area contributed by atoms with E-state index in [4.69, 9.17) is 16.3 Å². The zero-order valence-electron chi connectivity index (χ0n) is 10.4. The molecule has 0 saturated heterocycles. The molecule has 0 N–H and O–H groups in total. The third kappa shape index (κ3) is 4.46. The standard InChI is InChI=1S/C13H18ClNO2/c1-10(11-5-4-6-12(14)7-11)15(2)8-13(16)9-17-3/h4-7,10H,8-9H2,1-3H3. The molecule has 0 heterocycles. The Hall–Kier alpha value is -0.900. The number of benzene rings is 1. The second-order valence-corrected chi connectivity index (χ2v) is 4.55. The number of hydrogen-bond donors (Lipinski definition) is 0. The van der Waals surface area contributed by atoms with Gasteiger partial charge < -0.3 is 4.74 Å². The van der Waals surface area contributed by atoms with Gasteiger partial charge in [0.2, 0.25) is 0 Å². The average molecular weight is 256 g/mol. The quantitative estimate of drug-likeness (QED) is 0.782. The molecule has 0 aliphatic rings. The van der Waals surface area contributed by atoms with Gasteiger partial charge in [-0.1, -0.05) is 23.7 Å². The summed E-state index contributed by atoms with van der Waals surface area (Å²) in [7, 11) is 3.44. The minimum absolute atomic E-state index is 0.0730. The smallest absolute Gasteiger partial charge is 0.172 e. The first-order chi connectivity index (χ1) is 8.04. The maximum absolute atomic E-state index is 11.5. The Labute approximate surface area is 107 Å². The topological polar surface area (TPSA) is 29.5 Å². The molecule has 17 heavy (non-hydrogen) atoms. The first-order valence-electron chi connectivity index (χ1n) is 5.51. The van der Waals surface area contributed by atoms with Crippen molar-refractivity contribution in [2.45, 2.75) is 13.0 Å². The minimum atomic E-state index is 0.0730. The molecule has 0 bridgehead atoms. The van der Waals surface area contributed by atoms with Crippen molar-refractivity contribution in [1.82, 2.24) is 4.90 Å². The van der Waals surface area contributed by atoms with Crippen molar-refractivity contribution in [3.8, 4) is 0 Å². The predicted octanol–water partition coefficient (Wildman–Crippen LogP) is 2.55. The van der Waals surface area contributed by atoms with Gasteiger partial charge in [0.25, 0.3) is 0 Å². The molecule has 94 valence electrons. The predicted molar refractivity (Wildman–Crippen MR) is 69.4 cm³/mol. The molecule has 1 atom stereocenters. The second-order valence-electron chi connectivity index (χ2n) is 4.12. The van der Waals surface area contributed by atoms with Crippen LogP contribution in [0.25, 0.3) is 0 Å². The molecule has 0 aromatic heterocycles. The lowest BCUT2D eigenvalue weighted by Crippen LogP contribution is -2.30. The van der Waals surface area contributed by atoms with Crippen LogP contribution in [-0.4, -0.2) is 38.0 Å². The SMILES string of the molecule is COCC(=O)CN(C)C(C)c1cccc(Cl)c1. The Morgan fingerprint density at radius 2 is 2.24 bits per heavy atom. The highest BCUT2D eigenvalue weighted by atomic mass is 35.5. The lowest BCUT2D eigenvalue weighted by atomic mass is 10.1. The molecular weight excluding hydrogens is 238 g/mol. The van der Waals surface area contributed by atoms with Crippen molar-refractivity contribution in [3.63, 3.8) is 0 Å². The lowest BCUT2D eigenvalue weighted by molar-refractivity contribution is -0.123. The summed E-state index contributed by atoms with van der Waals surface area (Å²) in [6.07, 6.45) is 0. The van der Waals surface area contributed by atoms with E-state index in [0.717, 1.165) is 5.56 Å². The molecule has 0 fully saturated rings. The highest BCUT2D eigenvalue weighted by Crippen LogP contribution is 2.21. The van der Waals surface area contributed by atoms with Crippen LogP contribution >= 0.6 is 11.6 Å². The van der Waals surface area contributed by atoms with E-state index >= 15 is 0 Å². The Morgan fingerprint density at radius 3 is 2.82 bits per heavy atom. The van der Waals surface area contributed by atoms with Gasteiger partial charge in [0.1, 0.15) is 6.61 Å². The number of nitrogens with zero attached hydrogens (tertiary/aromatic N) is 1. The van der Waals surface area contributed by atoms with E-state index in [1.54, 1.807) is 0 Å². The third-order valence-corrected chi connectivity index (χ3v) is 2.96. The van der Waals surface area contributed by atoms with Crippen LogP contribution in [0, 0.1) is 0 Å². The molecule has 1 unspecified atom stereocenters. The Morgan fingerprint density at radius 1 is 1.53 bits per heavy atom. The average Bonchev–Trinajstić information content (AvgIpc) is 2.28. The summed E-state index contributed by atoms with van der Waals surface area (Å²) in [4.78, 5) is 13.4. The normalized spacial score (nSPS) is 12.8. The van der Waals surface area contributed by atoms with Crippen molar-refractivity contribution >= 4 is 17.4 Å². The van der Waals surface area contributed by atoms with Gasteiger partial charge >= 0.3 is 0 Å².